The van der Waals surface area contributed by atoms with Crippen LogP contribution in [0.15, 0.2) is 29.6 Å². The van der Waals surface area contributed by atoms with Crippen LogP contribution in [0.2, 0.25) is 5.15 Å². The highest BCUT2D eigenvalue weighted by Gasteiger charge is 2.02. The minimum absolute atomic E-state index is 0.215. The van der Waals surface area contributed by atoms with Crippen molar-refractivity contribution in [1.82, 2.24) is 4.98 Å². The molecule has 0 aliphatic rings. The number of rotatable bonds is 3. The van der Waals surface area contributed by atoms with Crippen molar-refractivity contribution in [2.75, 3.05) is 5.32 Å². The molecule has 0 spiro atoms. The molecule has 2 rings (SSSR count). The molecule has 2 nitrogen and oxygen atoms in total. The summed E-state index contributed by atoms with van der Waals surface area (Å²) in [7, 11) is 0. The Bertz CT molecular complexity index is 458. The Morgan fingerprint density at radius 1 is 1.40 bits per heavy atom. The number of hydrogen-bond donors (Lipinski definition) is 1. The summed E-state index contributed by atoms with van der Waals surface area (Å²) >= 11 is 7.06. The second-order valence-corrected chi connectivity index (χ2v) is 4.17. The van der Waals surface area contributed by atoms with Gasteiger partial charge in [-0.25, -0.2) is 9.37 Å². The number of aromatic nitrogens is 1. The van der Waals surface area contributed by atoms with Crippen molar-refractivity contribution in [3.8, 4) is 0 Å². The highest BCUT2D eigenvalue weighted by Crippen LogP contribution is 2.19. The minimum Gasteiger partial charge on any atom is -0.357 e. The molecule has 0 aliphatic carbocycles. The molecule has 2 aromatic rings. The van der Waals surface area contributed by atoms with Gasteiger partial charge < -0.3 is 5.32 Å². The molecular weight excluding hydrogens is 235 g/mol. The highest BCUT2D eigenvalue weighted by molar-refractivity contribution is 7.14. The number of halogens is 2. The van der Waals surface area contributed by atoms with Crippen molar-refractivity contribution < 1.29 is 4.39 Å². The van der Waals surface area contributed by atoms with Crippen molar-refractivity contribution in [3.63, 3.8) is 0 Å². The average Bonchev–Trinajstić information content (AvgIpc) is 2.63. The van der Waals surface area contributed by atoms with E-state index in [2.05, 4.69) is 10.3 Å². The van der Waals surface area contributed by atoms with Gasteiger partial charge in [-0.3, -0.25) is 0 Å². The zero-order valence-corrected chi connectivity index (χ0v) is 9.28. The van der Waals surface area contributed by atoms with Gasteiger partial charge in [0, 0.05) is 17.5 Å². The zero-order valence-electron chi connectivity index (χ0n) is 7.71. The quantitative estimate of drug-likeness (QED) is 0.891. The molecule has 0 atom stereocenters. The van der Waals surface area contributed by atoms with E-state index in [0.29, 0.717) is 22.4 Å². The molecule has 0 bridgehead atoms. The predicted octanol–water partition coefficient (Wildman–Crippen LogP) is 3.55. The Hall–Kier alpha value is -1.13. The molecule has 0 amide bonds. The molecule has 1 aromatic carbocycles. The lowest BCUT2D eigenvalue weighted by molar-refractivity contribution is 0.613. The number of benzene rings is 1. The third-order valence-electron chi connectivity index (χ3n) is 1.86. The van der Waals surface area contributed by atoms with E-state index in [4.69, 9.17) is 11.6 Å². The third kappa shape index (κ3) is 2.67. The Morgan fingerprint density at radius 2 is 2.20 bits per heavy atom. The minimum atomic E-state index is -0.215. The van der Waals surface area contributed by atoms with Crippen LogP contribution in [0.25, 0.3) is 0 Å². The van der Waals surface area contributed by atoms with Crippen LogP contribution in [-0.2, 0) is 6.54 Å². The molecule has 15 heavy (non-hydrogen) atoms. The van der Waals surface area contributed by atoms with Gasteiger partial charge in [-0.15, -0.1) is 11.3 Å². The van der Waals surface area contributed by atoms with Gasteiger partial charge in [0.2, 0.25) is 0 Å². The average molecular weight is 243 g/mol. The summed E-state index contributed by atoms with van der Waals surface area (Å²) in [5.41, 5.74) is 0.615. The van der Waals surface area contributed by atoms with E-state index in [1.807, 2.05) is 0 Å². The van der Waals surface area contributed by atoms with Gasteiger partial charge >= 0.3 is 0 Å². The fourth-order valence-corrected chi connectivity index (χ4v) is 1.98. The normalized spacial score (nSPS) is 10.3. The van der Waals surface area contributed by atoms with Gasteiger partial charge in [0.05, 0.1) is 0 Å². The molecule has 1 heterocycles. The van der Waals surface area contributed by atoms with Crippen LogP contribution in [0, 0.1) is 5.82 Å². The van der Waals surface area contributed by atoms with Crippen LogP contribution >= 0.6 is 22.9 Å². The van der Waals surface area contributed by atoms with E-state index in [0.717, 1.165) is 0 Å². The van der Waals surface area contributed by atoms with Crippen molar-refractivity contribution in [3.05, 3.63) is 46.2 Å². The number of thiazole rings is 1. The van der Waals surface area contributed by atoms with Crippen molar-refractivity contribution in [1.29, 1.82) is 0 Å². The summed E-state index contributed by atoms with van der Waals surface area (Å²) in [4.78, 5) is 4.01. The number of hydrogen-bond acceptors (Lipinski definition) is 3. The molecule has 0 aliphatic heterocycles. The molecule has 1 N–H and O–H groups in total. The fraction of sp³-hybridized carbons (Fsp3) is 0.100. The highest BCUT2D eigenvalue weighted by atomic mass is 35.5. The number of nitrogens with one attached hydrogen (secondary N) is 1. The van der Waals surface area contributed by atoms with Crippen LogP contribution in [0.4, 0.5) is 9.52 Å². The van der Waals surface area contributed by atoms with Crippen molar-refractivity contribution in [2.45, 2.75) is 6.54 Å². The summed E-state index contributed by atoms with van der Waals surface area (Å²) in [5.74, 6) is -0.215. The maximum atomic E-state index is 13.2. The monoisotopic (exact) mass is 242 g/mol. The van der Waals surface area contributed by atoms with E-state index in [1.54, 1.807) is 23.6 Å². The zero-order chi connectivity index (χ0) is 10.7. The van der Waals surface area contributed by atoms with E-state index in [1.165, 1.54) is 17.4 Å². The molecule has 1 aromatic heterocycles. The standard InChI is InChI=1S/C10H8ClFN2S/c11-9-6-15-10(14-9)13-5-7-3-1-2-4-8(7)12/h1-4,6H,5H2,(H,13,14). The second kappa shape index (κ2) is 4.59. The summed E-state index contributed by atoms with van der Waals surface area (Å²) in [6, 6.07) is 6.64. The van der Waals surface area contributed by atoms with Gasteiger partial charge in [-0.1, -0.05) is 29.8 Å². The van der Waals surface area contributed by atoms with E-state index < -0.39 is 0 Å². The lowest BCUT2D eigenvalue weighted by atomic mass is 10.2. The maximum absolute atomic E-state index is 13.2. The topological polar surface area (TPSA) is 24.9 Å². The van der Waals surface area contributed by atoms with Crippen LogP contribution in [-0.4, -0.2) is 4.98 Å². The number of anilines is 1. The maximum Gasteiger partial charge on any atom is 0.184 e. The third-order valence-corrected chi connectivity index (χ3v) is 2.99. The predicted molar refractivity (Wildman–Crippen MR) is 60.9 cm³/mol. The van der Waals surface area contributed by atoms with Crippen LogP contribution in [0.1, 0.15) is 5.56 Å². The Morgan fingerprint density at radius 3 is 2.87 bits per heavy atom. The smallest absolute Gasteiger partial charge is 0.184 e. The van der Waals surface area contributed by atoms with Gasteiger partial charge in [0.1, 0.15) is 11.0 Å². The molecule has 78 valence electrons. The molecule has 5 heteroatoms. The Balaban J connectivity index is 2.02. The SMILES string of the molecule is Fc1ccccc1CNc1nc(Cl)cs1. The molecule has 0 unspecified atom stereocenters. The van der Waals surface area contributed by atoms with E-state index in [9.17, 15) is 4.39 Å². The van der Waals surface area contributed by atoms with E-state index in [-0.39, 0.29) is 5.82 Å². The summed E-state index contributed by atoms with van der Waals surface area (Å²) in [6.45, 7) is 0.413. The lowest BCUT2D eigenvalue weighted by Crippen LogP contribution is -2.00. The van der Waals surface area contributed by atoms with Gasteiger partial charge in [-0.05, 0) is 6.07 Å². The molecule has 0 radical (unpaired) electrons. The van der Waals surface area contributed by atoms with Gasteiger partial charge in [0.25, 0.3) is 0 Å². The number of nitrogens with zero attached hydrogens (tertiary/aromatic N) is 1. The fourth-order valence-electron chi connectivity index (χ4n) is 1.15. The van der Waals surface area contributed by atoms with Crippen molar-refractivity contribution in [2.24, 2.45) is 0 Å². The largest absolute Gasteiger partial charge is 0.357 e. The molecule has 0 saturated heterocycles. The molecule has 0 saturated carbocycles. The summed E-state index contributed by atoms with van der Waals surface area (Å²) in [5, 5.41) is 5.89. The molecule has 0 fully saturated rings. The Labute approximate surface area is 95.7 Å². The Kier molecular flexibility index (Phi) is 3.18. The van der Waals surface area contributed by atoms with E-state index >= 15 is 0 Å². The first kappa shape index (κ1) is 10.4. The first-order valence-electron chi connectivity index (χ1n) is 4.34. The molecular formula is C10H8ClFN2S. The summed E-state index contributed by atoms with van der Waals surface area (Å²) in [6.07, 6.45) is 0. The first-order chi connectivity index (χ1) is 7.25. The first-order valence-corrected chi connectivity index (χ1v) is 5.60. The van der Waals surface area contributed by atoms with Crippen LogP contribution in [0.3, 0.4) is 0 Å². The van der Waals surface area contributed by atoms with Crippen LogP contribution < -0.4 is 5.32 Å². The van der Waals surface area contributed by atoms with Gasteiger partial charge in [-0.2, -0.15) is 0 Å². The van der Waals surface area contributed by atoms with Crippen LogP contribution in [0.5, 0.6) is 0 Å². The van der Waals surface area contributed by atoms with Gasteiger partial charge in [0.15, 0.2) is 5.13 Å². The summed E-state index contributed by atoms with van der Waals surface area (Å²) < 4.78 is 13.2. The van der Waals surface area contributed by atoms with Crippen molar-refractivity contribution >= 4 is 28.1 Å². The lowest BCUT2D eigenvalue weighted by Gasteiger charge is -2.03. The second-order valence-electron chi connectivity index (χ2n) is 2.92.